The van der Waals surface area contributed by atoms with E-state index in [9.17, 15) is 9.90 Å². The Kier molecular flexibility index (Phi) is 9.24. The minimum atomic E-state index is -0.541. The Morgan fingerprint density at radius 1 is 1.29 bits per heavy atom. The van der Waals surface area contributed by atoms with Crippen LogP contribution >= 0.6 is 0 Å². The molecule has 0 radical (unpaired) electrons. The van der Waals surface area contributed by atoms with Crippen molar-refractivity contribution in [2.24, 2.45) is 0 Å². The van der Waals surface area contributed by atoms with Crippen molar-refractivity contribution in [2.45, 2.75) is 50.8 Å². The summed E-state index contributed by atoms with van der Waals surface area (Å²) in [5.74, 6) is 1.30. The van der Waals surface area contributed by atoms with Gasteiger partial charge in [-0.1, -0.05) is 25.3 Å². The zero-order valence-corrected chi connectivity index (χ0v) is 18.9. The molecule has 8 heteroatoms. The number of likely N-dealkylation sites (N-methyl/N-ethyl adjacent to an activating group) is 1. The lowest BCUT2D eigenvalue weighted by molar-refractivity contribution is 0.0553. The van der Waals surface area contributed by atoms with Crippen LogP contribution < -0.4 is 20.1 Å². The van der Waals surface area contributed by atoms with Crippen molar-refractivity contribution >= 4 is 6.03 Å². The first kappa shape index (κ1) is 23.6. The molecule has 1 unspecified atom stereocenters. The fraction of sp³-hybridized carbons (Fsp3) is 0.696. The van der Waals surface area contributed by atoms with Crippen molar-refractivity contribution in [2.75, 3.05) is 53.5 Å². The summed E-state index contributed by atoms with van der Waals surface area (Å²) in [5, 5.41) is 16.6. The van der Waals surface area contributed by atoms with Gasteiger partial charge >= 0.3 is 6.03 Å². The maximum atomic E-state index is 11.5. The van der Waals surface area contributed by atoms with Gasteiger partial charge in [-0.25, -0.2) is 4.79 Å². The molecule has 2 fully saturated rings. The van der Waals surface area contributed by atoms with Crippen LogP contribution in [0.1, 0.15) is 37.7 Å². The number of nitrogens with zero attached hydrogens (tertiary/aromatic N) is 2. The standard InChI is InChI=1S/C23H38N4O4/c1-26(19-6-4-3-5-7-19)16-20(28)17-31-21-9-8-18(14-22(21)30-2)15-24-10-12-27-13-11-25-23(27)29/h8-9,14,19-20,24,28H,3-7,10-13,15-17H2,1-2H3,(H,25,29). The number of ether oxygens (including phenoxy) is 2. The third-order valence-corrected chi connectivity index (χ3v) is 6.19. The summed E-state index contributed by atoms with van der Waals surface area (Å²) >= 11 is 0. The number of benzene rings is 1. The molecular weight excluding hydrogens is 396 g/mol. The number of urea groups is 1. The third kappa shape index (κ3) is 7.26. The predicted molar refractivity (Wildman–Crippen MR) is 121 cm³/mol. The van der Waals surface area contributed by atoms with Gasteiger partial charge in [-0.2, -0.15) is 0 Å². The maximum absolute atomic E-state index is 11.5. The number of amides is 2. The molecule has 1 heterocycles. The molecule has 2 aliphatic rings. The second-order valence-corrected chi connectivity index (χ2v) is 8.58. The fourth-order valence-corrected chi connectivity index (χ4v) is 4.35. The summed E-state index contributed by atoms with van der Waals surface area (Å²) in [5.41, 5.74) is 1.08. The summed E-state index contributed by atoms with van der Waals surface area (Å²) in [7, 11) is 3.72. The molecule has 31 heavy (non-hydrogen) atoms. The molecule has 3 rings (SSSR count). The third-order valence-electron chi connectivity index (χ3n) is 6.19. The molecule has 1 aliphatic carbocycles. The van der Waals surface area contributed by atoms with Crippen LogP contribution in [-0.4, -0.2) is 86.6 Å². The molecule has 1 aliphatic heterocycles. The first-order valence-corrected chi connectivity index (χ1v) is 11.5. The molecule has 1 atom stereocenters. The highest BCUT2D eigenvalue weighted by molar-refractivity contribution is 5.76. The normalized spacial score (nSPS) is 18.3. The molecule has 1 aromatic rings. The Balaban J connectivity index is 1.40. The van der Waals surface area contributed by atoms with E-state index in [0.717, 1.165) is 25.2 Å². The minimum absolute atomic E-state index is 0.0112. The van der Waals surface area contributed by atoms with Gasteiger partial charge in [0.2, 0.25) is 0 Å². The summed E-state index contributed by atoms with van der Waals surface area (Å²) in [4.78, 5) is 15.6. The number of carbonyl (C=O) groups is 1. The molecule has 1 saturated carbocycles. The average Bonchev–Trinajstić information content (AvgIpc) is 3.20. The van der Waals surface area contributed by atoms with Crippen molar-refractivity contribution in [3.8, 4) is 11.5 Å². The maximum Gasteiger partial charge on any atom is 0.317 e. The molecule has 8 nitrogen and oxygen atoms in total. The van der Waals surface area contributed by atoms with Gasteiger partial charge in [0.1, 0.15) is 12.7 Å². The van der Waals surface area contributed by atoms with E-state index in [4.69, 9.17) is 9.47 Å². The summed E-state index contributed by atoms with van der Waals surface area (Å²) < 4.78 is 11.4. The number of hydrogen-bond acceptors (Lipinski definition) is 6. The average molecular weight is 435 g/mol. The van der Waals surface area contributed by atoms with Crippen molar-refractivity contribution in [3.05, 3.63) is 23.8 Å². The molecule has 1 saturated heterocycles. The number of aliphatic hydroxyl groups is 1. The quantitative estimate of drug-likeness (QED) is 0.435. The van der Waals surface area contributed by atoms with Crippen LogP contribution in [0.25, 0.3) is 0 Å². The van der Waals surface area contributed by atoms with Crippen LogP contribution in [0.15, 0.2) is 18.2 Å². The van der Waals surface area contributed by atoms with E-state index in [0.29, 0.717) is 37.2 Å². The summed E-state index contributed by atoms with van der Waals surface area (Å²) in [6, 6.07) is 6.42. The minimum Gasteiger partial charge on any atom is -0.493 e. The first-order valence-electron chi connectivity index (χ1n) is 11.5. The molecule has 2 amide bonds. The van der Waals surface area contributed by atoms with Gasteiger partial charge in [-0.3, -0.25) is 0 Å². The second kappa shape index (κ2) is 12.1. The Bertz CT molecular complexity index is 696. The lowest BCUT2D eigenvalue weighted by Crippen LogP contribution is -2.40. The van der Waals surface area contributed by atoms with Gasteiger partial charge in [0, 0.05) is 45.3 Å². The van der Waals surface area contributed by atoms with Gasteiger partial charge < -0.3 is 35.0 Å². The monoisotopic (exact) mass is 434 g/mol. The number of carbonyl (C=O) groups excluding carboxylic acids is 1. The highest BCUT2D eigenvalue weighted by atomic mass is 16.5. The van der Waals surface area contributed by atoms with Gasteiger partial charge in [-0.05, 0) is 37.6 Å². The number of nitrogens with one attached hydrogen (secondary N) is 2. The van der Waals surface area contributed by atoms with Crippen molar-refractivity contribution < 1.29 is 19.4 Å². The molecular formula is C23H38N4O4. The lowest BCUT2D eigenvalue weighted by atomic mass is 9.94. The molecule has 3 N–H and O–H groups in total. The predicted octanol–water partition coefficient (Wildman–Crippen LogP) is 1.81. The van der Waals surface area contributed by atoms with Gasteiger partial charge in [0.05, 0.1) is 7.11 Å². The van der Waals surface area contributed by atoms with E-state index < -0.39 is 6.10 Å². The SMILES string of the molecule is COc1cc(CNCCN2CCNC2=O)ccc1OCC(O)CN(C)C1CCCCC1. The van der Waals surface area contributed by atoms with Crippen LogP contribution in [-0.2, 0) is 6.54 Å². The highest BCUT2D eigenvalue weighted by Crippen LogP contribution is 2.28. The number of methoxy groups -OCH3 is 1. The van der Waals surface area contributed by atoms with E-state index in [2.05, 4.69) is 22.6 Å². The number of hydrogen-bond donors (Lipinski definition) is 3. The molecule has 174 valence electrons. The van der Waals surface area contributed by atoms with Gasteiger partial charge in [0.15, 0.2) is 11.5 Å². The zero-order chi connectivity index (χ0) is 22.1. The summed E-state index contributed by atoms with van der Waals surface area (Å²) in [6.45, 7) is 4.45. The first-order chi connectivity index (χ1) is 15.1. The van der Waals surface area contributed by atoms with Crippen molar-refractivity contribution in [1.29, 1.82) is 0 Å². The Labute approximate surface area is 185 Å². The smallest absolute Gasteiger partial charge is 0.317 e. The Hall–Kier alpha value is -2.03. The molecule has 0 bridgehead atoms. The molecule has 0 aromatic heterocycles. The molecule has 0 spiro atoms. The van der Waals surface area contributed by atoms with E-state index >= 15 is 0 Å². The van der Waals surface area contributed by atoms with E-state index in [-0.39, 0.29) is 12.6 Å². The van der Waals surface area contributed by atoms with Gasteiger partial charge in [0.25, 0.3) is 0 Å². The zero-order valence-electron chi connectivity index (χ0n) is 18.9. The van der Waals surface area contributed by atoms with Crippen LogP contribution in [0, 0.1) is 0 Å². The van der Waals surface area contributed by atoms with E-state index in [1.807, 2.05) is 23.1 Å². The van der Waals surface area contributed by atoms with E-state index in [1.54, 1.807) is 7.11 Å². The van der Waals surface area contributed by atoms with Crippen molar-refractivity contribution in [1.82, 2.24) is 20.4 Å². The van der Waals surface area contributed by atoms with Crippen LogP contribution in [0.2, 0.25) is 0 Å². The Morgan fingerprint density at radius 2 is 2.10 bits per heavy atom. The topological polar surface area (TPSA) is 86.3 Å². The largest absolute Gasteiger partial charge is 0.493 e. The van der Waals surface area contributed by atoms with Crippen molar-refractivity contribution in [3.63, 3.8) is 0 Å². The second-order valence-electron chi connectivity index (χ2n) is 8.58. The highest BCUT2D eigenvalue weighted by Gasteiger charge is 2.21. The van der Waals surface area contributed by atoms with E-state index in [1.165, 1.54) is 32.1 Å². The lowest BCUT2D eigenvalue weighted by Gasteiger charge is -2.32. The number of aliphatic hydroxyl groups excluding tert-OH is 1. The molecule has 1 aromatic carbocycles. The van der Waals surface area contributed by atoms with Crippen LogP contribution in [0.5, 0.6) is 11.5 Å². The van der Waals surface area contributed by atoms with Gasteiger partial charge in [-0.15, -0.1) is 0 Å². The fourth-order valence-electron chi connectivity index (χ4n) is 4.35. The summed E-state index contributed by atoms with van der Waals surface area (Å²) in [6.07, 6.45) is 5.80. The number of rotatable bonds is 12. The van der Waals surface area contributed by atoms with Crippen LogP contribution in [0.3, 0.4) is 0 Å². The Morgan fingerprint density at radius 3 is 2.81 bits per heavy atom. The van der Waals surface area contributed by atoms with Crippen LogP contribution in [0.4, 0.5) is 4.79 Å².